The molecule has 1 amide bonds. The highest BCUT2D eigenvalue weighted by atomic mass is 16.5. The maximum Gasteiger partial charge on any atom is 0.253 e. The van der Waals surface area contributed by atoms with Gasteiger partial charge in [-0.15, -0.1) is 0 Å². The van der Waals surface area contributed by atoms with Gasteiger partial charge in [0, 0.05) is 18.7 Å². The minimum absolute atomic E-state index is 0.0826. The van der Waals surface area contributed by atoms with E-state index in [4.69, 9.17) is 10.5 Å². The number of likely N-dealkylation sites (tertiary alicyclic amines) is 1. The third kappa shape index (κ3) is 1.82. The molecule has 2 heterocycles. The Hall–Kier alpha value is -1.39. The molecule has 1 fully saturated rings. The molecule has 0 bridgehead atoms. The van der Waals surface area contributed by atoms with Crippen molar-refractivity contribution >= 4 is 5.91 Å². The van der Waals surface area contributed by atoms with E-state index in [1.54, 1.807) is 0 Å². The summed E-state index contributed by atoms with van der Waals surface area (Å²) in [6.45, 7) is 4.67. The van der Waals surface area contributed by atoms with Crippen molar-refractivity contribution in [2.24, 2.45) is 5.73 Å². The maximum atomic E-state index is 12.3. The zero-order valence-corrected chi connectivity index (χ0v) is 10.6. The number of nitrogens with two attached hydrogens (primary N) is 1. The molecule has 2 N–H and O–H groups in total. The van der Waals surface area contributed by atoms with Crippen LogP contribution >= 0.6 is 0 Å². The summed E-state index contributed by atoms with van der Waals surface area (Å²) in [7, 11) is 0. The van der Waals surface area contributed by atoms with Gasteiger partial charge in [0.15, 0.2) is 0 Å². The van der Waals surface area contributed by atoms with Crippen molar-refractivity contribution in [2.75, 3.05) is 13.1 Å². The van der Waals surface area contributed by atoms with Gasteiger partial charge in [-0.3, -0.25) is 4.79 Å². The fraction of sp³-hybridized carbons (Fsp3) is 0.500. The van der Waals surface area contributed by atoms with Crippen LogP contribution in [0, 0.1) is 0 Å². The van der Waals surface area contributed by atoms with Crippen molar-refractivity contribution in [2.45, 2.75) is 32.1 Å². The van der Waals surface area contributed by atoms with Crippen molar-refractivity contribution < 1.29 is 9.53 Å². The van der Waals surface area contributed by atoms with Crippen LogP contribution in [0.1, 0.15) is 34.8 Å². The molecule has 0 unspecified atom stereocenters. The number of benzene rings is 1. The molecule has 0 aliphatic carbocycles. The van der Waals surface area contributed by atoms with Gasteiger partial charge in [0.05, 0.1) is 18.8 Å². The lowest BCUT2D eigenvalue weighted by Gasteiger charge is -2.47. The SMILES string of the molecule is CCC1(N)CN(C(=O)c2ccc3c(c2)COC3)C1. The number of fused-ring (bicyclic) bond motifs is 1. The molecule has 96 valence electrons. The second-order valence-corrected chi connectivity index (χ2v) is 5.35. The standard InChI is InChI=1S/C14H18N2O2/c1-2-14(15)8-16(9-14)13(17)10-3-4-11-6-18-7-12(11)5-10/h3-5H,2,6-9,15H2,1H3. The normalized spacial score (nSPS) is 20.4. The predicted molar refractivity (Wildman–Crippen MR) is 68.0 cm³/mol. The molecule has 0 spiro atoms. The van der Waals surface area contributed by atoms with Crippen molar-refractivity contribution in [1.29, 1.82) is 0 Å². The number of carbonyl (C=O) groups is 1. The lowest BCUT2D eigenvalue weighted by atomic mass is 9.87. The van der Waals surface area contributed by atoms with Crippen LogP contribution in [-0.4, -0.2) is 29.4 Å². The number of nitrogens with zero attached hydrogens (tertiary/aromatic N) is 1. The van der Waals surface area contributed by atoms with Gasteiger partial charge in [-0.05, 0) is 29.7 Å². The minimum Gasteiger partial charge on any atom is -0.372 e. The highest BCUT2D eigenvalue weighted by Crippen LogP contribution is 2.26. The van der Waals surface area contributed by atoms with Crippen LogP contribution in [0.3, 0.4) is 0 Å². The van der Waals surface area contributed by atoms with E-state index >= 15 is 0 Å². The maximum absolute atomic E-state index is 12.3. The van der Waals surface area contributed by atoms with Gasteiger partial charge >= 0.3 is 0 Å². The fourth-order valence-electron chi connectivity index (χ4n) is 2.57. The molecule has 2 aliphatic heterocycles. The lowest BCUT2D eigenvalue weighted by Crippen LogP contribution is -2.68. The van der Waals surface area contributed by atoms with E-state index in [2.05, 4.69) is 6.92 Å². The molecule has 4 heteroatoms. The van der Waals surface area contributed by atoms with Gasteiger partial charge < -0.3 is 15.4 Å². The molecular weight excluding hydrogens is 228 g/mol. The first kappa shape index (κ1) is 11.7. The Morgan fingerprint density at radius 3 is 2.83 bits per heavy atom. The van der Waals surface area contributed by atoms with Gasteiger partial charge in [-0.1, -0.05) is 13.0 Å². The monoisotopic (exact) mass is 246 g/mol. The fourth-order valence-corrected chi connectivity index (χ4v) is 2.57. The molecule has 2 aliphatic rings. The first-order valence-electron chi connectivity index (χ1n) is 6.39. The average Bonchev–Trinajstić information content (AvgIpc) is 2.81. The second-order valence-electron chi connectivity index (χ2n) is 5.35. The van der Waals surface area contributed by atoms with Crippen LogP contribution in [0.4, 0.5) is 0 Å². The first-order chi connectivity index (χ1) is 8.61. The molecule has 1 aromatic rings. The summed E-state index contributed by atoms with van der Waals surface area (Å²) in [6.07, 6.45) is 0.912. The Morgan fingerprint density at radius 2 is 2.11 bits per heavy atom. The molecule has 0 aromatic heterocycles. The van der Waals surface area contributed by atoms with Gasteiger partial charge in [-0.25, -0.2) is 0 Å². The van der Waals surface area contributed by atoms with Crippen LogP contribution in [0.25, 0.3) is 0 Å². The number of carbonyl (C=O) groups excluding carboxylic acids is 1. The van der Waals surface area contributed by atoms with Crippen molar-refractivity contribution in [3.63, 3.8) is 0 Å². The van der Waals surface area contributed by atoms with Gasteiger partial charge in [0.25, 0.3) is 5.91 Å². The van der Waals surface area contributed by atoms with Crippen LogP contribution < -0.4 is 5.73 Å². The molecule has 1 aromatic carbocycles. The van der Waals surface area contributed by atoms with Gasteiger partial charge in [-0.2, -0.15) is 0 Å². The molecular formula is C14H18N2O2. The highest BCUT2D eigenvalue weighted by molar-refractivity contribution is 5.95. The summed E-state index contributed by atoms with van der Waals surface area (Å²) < 4.78 is 5.36. The Bertz CT molecular complexity index is 493. The third-order valence-corrected chi connectivity index (χ3v) is 3.97. The largest absolute Gasteiger partial charge is 0.372 e. The quantitative estimate of drug-likeness (QED) is 0.855. The average molecular weight is 246 g/mol. The van der Waals surface area contributed by atoms with E-state index in [1.807, 2.05) is 23.1 Å². The molecule has 18 heavy (non-hydrogen) atoms. The van der Waals surface area contributed by atoms with Crippen LogP contribution in [0.5, 0.6) is 0 Å². The lowest BCUT2D eigenvalue weighted by molar-refractivity contribution is 0.0401. The Morgan fingerprint density at radius 1 is 1.39 bits per heavy atom. The topological polar surface area (TPSA) is 55.6 Å². The summed E-state index contributed by atoms with van der Waals surface area (Å²) in [5.41, 5.74) is 8.99. The summed E-state index contributed by atoms with van der Waals surface area (Å²) in [6, 6.07) is 5.83. The van der Waals surface area contributed by atoms with E-state index in [0.717, 1.165) is 17.5 Å². The van der Waals surface area contributed by atoms with Gasteiger partial charge in [0.1, 0.15) is 0 Å². The summed E-state index contributed by atoms with van der Waals surface area (Å²) in [5.74, 6) is 0.0826. The first-order valence-corrected chi connectivity index (χ1v) is 6.39. The molecule has 3 rings (SSSR count). The van der Waals surface area contributed by atoms with Crippen LogP contribution in [0.2, 0.25) is 0 Å². The van der Waals surface area contributed by atoms with E-state index < -0.39 is 0 Å². The van der Waals surface area contributed by atoms with E-state index in [-0.39, 0.29) is 11.4 Å². The summed E-state index contributed by atoms with van der Waals surface area (Å²) >= 11 is 0. The third-order valence-electron chi connectivity index (χ3n) is 3.97. The van der Waals surface area contributed by atoms with E-state index in [1.165, 1.54) is 5.56 Å². The van der Waals surface area contributed by atoms with E-state index in [0.29, 0.717) is 26.3 Å². The number of ether oxygens (including phenoxy) is 1. The zero-order chi connectivity index (χ0) is 12.8. The second kappa shape index (κ2) is 4.07. The van der Waals surface area contributed by atoms with Crippen LogP contribution in [-0.2, 0) is 18.0 Å². The molecule has 4 nitrogen and oxygen atoms in total. The Balaban J connectivity index is 1.74. The van der Waals surface area contributed by atoms with Crippen molar-refractivity contribution in [3.8, 4) is 0 Å². The smallest absolute Gasteiger partial charge is 0.253 e. The summed E-state index contributed by atoms with van der Waals surface area (Å²) in [4.78, 5) is 14.1. The number of hydrogen-bond donors (Lipinski definition) is 1. The molecule has 0 saturated carbocycles. The van der Waals surface area contributed by atoms with Crippen LogP contribution in [0.15, 0.2) is 18.2 Å². The van der Waals surface area contributed by atoms with E-state index in [9.17, 15) is 4.79 Å². The Labute approximate surface area is 107 Å². The molecule has 0 radical (unpaired) electrons. The number of rotatable bonds is 2. The predicted octanol–water partition coefficient (Wildman–Crippen LogP) is 1.28. The zero-order valence-electron chi connectivity index (χ0n) is 10.6. The minimum atomic E-state index is -0.171. The number of hydrogen-bond acceptors (Lipinski definition) is 3. The number of amides is 1. The van der Waals surface area contributed by atoms with Gasteiger partial charge in [0.2, 0.25) is 0 Å². The summed E-state index contributed by atoms with van der Waals surface area (Å²) in [5, 5.41) is 0. The molecule has 1 saturated heterocycles. The molecule has 0 atom stereocenters. The highest BCUT2D eigenvalue weighted by Gasteiger charge is 2.40. The Kier molecular flexibility index (Phi) is 2.64. The van der Waals surface area contributed by atoms with Crippen molar-refractivity contribution in [1.82, 2.24) is 4.90 Å². The van der Waals surface area contributed by atoms with Crippen molar-refractivity contribution in [3.05, 3.63) is 34.9 Å².